The highest BCUT2D eigenvalue weighted by atomic mass is 16.5. The van der Waals surface area contributed by atoms with Gasteiger partial charge >= 0.3 is 0 Å². The molecule has 3 heteroatoms. The summed E-state index contributed by atoms with van der Waals surface area (Å²) in [6, 6.07) is 10.1. The molecule has 0 unspecified atom stereocenters. The number of nitrogens with two attached hydrogens (primary N) is 1. The van der Waals surface area contributed by atoms with Crippen molar-refractivity contribution < 1.29 is 4.52 Å². The lowest BCUT2D eigenvalue weighted by Crippen LogP contribution is -1.94. The second kappa shape index (κ2) is 3.54. The van der Waals surface area contributed by atoms with E-state index < -0.39 is 0 Å². The van der Waals surface area contributed by atoms with E-state index >= 15 is 0 Å². The first-order valence-corrected chi connectivity index (χ1v) is 4.52. The van der Waals surface area contributed by atoms with Crippen LogP contribution in [0.4, 0.5) is 5.82 Å². The van der Waals surface area contributed by atoms with Crippen molar-refractivity contribution in [2.24, 2.45) is 0 Å². The van der Waals surface area contributed by atoms with Crippen LogP contribution in [0.1, 0.15) is 16.9 Å². The third kappa shape index (κ3) is 1.62. The molecule has 0 saturated heterocycles. The van der Waals surface area contributed by atoms with E-state index in [0.717, 1.165) is 17.7 Å². The topological polar surface area (TPSA) is 52.0 Å². The molecule has 0 radical (unpaired) electrons. The van der Waals surface area contributed by atoms with Gasteiger partial charge in [0.2, 0.25) is 0 Å². The summed E-state index contributed by atoms with van der Waals surface area (Å²) in [5.74, 6) is 1.29. The molecule has 0 spiro atoms. The van der Waals surface area contributed by atoms with Crippen molar-refractivity contribution in [2.75, 3.05) is 5.73 Å². The number of nitrogen functional groups attached to an aromatic ring is 1. The predicted molar refractivity (Wildman–Crippen MR) is 54.9 cm³/mol. The van der Waals surface area contributed by atoms with Crippen LogP contribution in [0.3, 0.4) is 0 Å². The first kappa shape index (κ1) is 8.81. The number of anilines is 1. The Bertz CT molecular complexity index is 401. The monoisotopic (exact) mass is 188 g/mol. The number of hydrogen-bond acceptors (Lipinski definition) is 3. The van der Waals surface area contributed by atoms with E-state index in [-0.39, 0.29) is 0 Å². The lowest BCUT2D eigenvalue weighted by Gasteiger charge is -1.99. The van der Waals surface area contributed by atoms with E-state index in [2.05, 4.69) is 17.3 Å². The van der Waals surface area contributed by atoms with Crippen LogP contribution in [-0.2, 0) is 6.42 Å². The molecule has 72 valence electrons. The average Bonchev–Trinajstić information content (AvgIpc) is 2.51. The van der Waals surface area contributed by atoms with Gasteiger partial charge in [-0.25, -0.2) is 0 Å². The lowest BCUT2D eigenvalue weighted by atomic mass is 10.1. The molecule has 0 amide bonds. The number of hydrogen-bond donors (Lipinski definition) is 1. The van der Waals surface area contributed by atoms with E-state index in [9.17, 15) is 0 Å². The fourth-order valence-corrected chi connectivity index (χ4v) is 1.42. The van der Waals surface area contributed by atoms with Gasteiger partial charge in [0.05, 0.1) is 0 Å². The highest BCUT2D eigenvalue weighted by Gasteiger charge is 2.09. The van der Waals surface area contributed by atoms with Crippen LogP contribution >= 0.6 is 0 Å². The number of aryl methyl sites for hydroxylation is 1. The lowest BCUT2D eigenvalue weighted by molar-refractivity contribution is 0.399. The summed E-state index contributed by atoms with van der Waals surface area (Å²) in [5, 5.41) is 3.72. The molecule has 0 aliphatic heterocycles. The Labute approximate surface area is 82.5 Å². The van der Waals surface area contributed by atoms with Crippen molar-refractivity contribution in [1.29, 1.82) is 0 Å². The molecule has 3 nitrogen and oxygen atoms in total. The van der Waals surface area contributed by atoms with Crippen LogP contribution in [0.5, 0.6) is 0 Å². The molecule has 0 bridgehead atoms. The van der Waals surface area contributed by atoms with E-state index in [1.807, 2.05) is 25.1 Å². The zero-order valence-electron chi connectivity index (χ0n) is 8.03. The Hall–Kier alpha value is -1.77. The summed E-state index contributed by atoms with van der Waals surface area (Å²) in [5.41, 5.74) is 7.88. The maximum absolute atomic E-state index is 5.68. The largest absolute Gasteiger partial charge is 0.381 e. The maximum Gasteiger partial charge on any atom is 0.170 e. The number of aromatic nitrogens is 1. The van der Waals surface area contributed by atoms with E-state index in [1.54, 1.807) is 0 Å². The van der Waals surface area contributed by atoms with Gasteiger partial charge in [-0.3, -0.25) is 0 Å². The SMILES string of the molecule is Cc1onc(N)c1Cc1ccccc1. The second-order valence-electron chi connectivity index (χ2n) is 3.26. The van der Waals surface area contributed by atoms with Crippen molar-refractivity contribution in [3.05, 3.63) is 47.2 Å². The average molecular weight is 188 g/mol. The van der Waals surface area contributed by atoms with Crippen molar-refractivity contribution in [3.8, 4) is 0 Å². The summed E-state index contributed by atoms with van der Waals surface area (Å²) < 4.78 is 4.99. The molecule has 0 atom stereocenters. The Kier molecular flexibility index (Phi) is 2.23. The van der Waals surface area contributed by atoms with Gasteiger partial charge in [0, 0.05) is 12.0 Å². The maximum atomic E-state index is 5.68. The van der Waals surface area contributed by atoms with Gasteiger partial charge in [0.15, 0.2) is 5.82 Å². The molecule has 0 aliphatic carbocycles. The molecular formula is C11H12N2O. The molecule has 0 fully saturated rings. The third-order valence-corrected chi connectivity index (χ3v) is 2.24. The Morgan fingerprint density at radius 1 is 1.29 bits per heavy atom. The first-order valence-electron chi connectivity index (χ1n) is 4.52. The Morgan fingerprint density at radius 3 is 2.57 bits per heavy atom. The summed E-state index contributed by atoms with van der Waals surface area (Å²) in [4.78, 5) is 0. The summed E-state index contributed by atoms with van der Waals surface area (Å²) in [6.07, 6.45) is 0.780. The van der Waals surface area contributed by atoms with Crippen molar-refractivity contribution in [2.45, 2.75) is 13.3 Å². The molecule has 1 aromatic carbocycles. The fraction of sp³-hybridized carbons (Fsp3) is 0.182. The standard InChI is InChI=1S/C11H12N2O/c1-8-10(11(12)13-14-8)7-9-5-3-2-4-6-9/h2-6H,7H2,1H3,(H2,12,13). The van der Waals surface area contributed by atoms with Gasteiger partial charge in [-0.2, -0.15) is 0 Å². The minimum atomic E-state index is 0.492. The molecular weight excluding hydrogens is 176 g/mol. The van der Waals surface area contributed by atoms with Crippen LogP contribution in [0.15, 0.2) is 34.9 Å². The fourth-order valence-electron chi connectivity index (χ4n) is 1.42. The van der Waals surface area contributed by atoms with Crippen LogP contribution < -0.4 is 5.73 Å². The van der Waals surface area contributed by atoms with E-state index in [1.165, 1.54) is 5.56 Å². The summed E-state index contributed by atoms with van der Waals surface area (Å²) in [6.45, 7) is 1.88. The first-order chi connectivity index (χ1) is 6.77. The second-order valence-corrected chi connectivity index (χ2v) is 3.26. The normalized spacial score (nSPS) is 10.4. The molecule has 1 heterocycles. The zero-order valence-corrected chi connectivity index (χ0v) is 8.03. The summed E-state index contributed by atoms with van der Waals surface area (Å²) >= 11 is 0. The van der Waals surface area contributed by atoms with E-state index in [0.29, 0.717) is 5.82 Å². The van der Waals surface area contributed by atoms with E-state index in [4.69, 9.17) is 10.3 Å². The van der Waals surface area contributed by atoms with Crippen molar-refractivity contribution in [3.63, 3.8) is 0 Å². The Morgan fingerprint density at radius 2 is 2.00 bits per heavy atom. The van der Waals surface area contributed by atoms with Crippen LogP contribution in [0.2, 0.25) is 0 Å². The van der Waals surface area contributed by atoms with Gasteiger partial charge in [-0.15, -0.1) is 0 Å². The van der Waals surface area contributed by atoms with Crippen LogP contribution in [0.25, 0.3) is 0 Å². The molecule has 2 N–H and O–H groups in total. The molecule has 0 aliphatic rings. The van der Waals surface area contributed by atoms with Gasteiger partial charge < -0.3 is 10.3 Å². The molecule has 14 heavy (non-hydrogen) atoms. The van der Waals surface area contributed by atoms with Gasteiger partial charge in [-0.1, -0.05) is 35.5 Å². The number of benzene rings is 1. The molecule has 0 saturated carbocycles. The molecule has 1 aromatic heterocycles. The van der Waals surface area contributed by atoms with Crippen LogP contribution in [0, 0.1) is 6.92 Å². The minimum absolute atomic E-state index is 0.492. The minimum Gasteiger partial charge on any atom is -0.381 e. The van der Waals surface area contributed by atoms with Gasteiger partial charge in [0.1, 0.15) is 5.76 Å². The molecule has 2 rings (SSSR count). The Balaban J connectivity index is 2.27. The smallest absolute Gasteiger partial charge is 0.170 e. The highest BCUT2D eigenvalue weighted by Crippen LogP contribution is 2.19. The van der Waals surface area contributed by atoms with Crippen molar-refractivity contribution in [1.82, 2.24) is 5.16 Å². The number of rotatable bonds is 2. The summed E-state index contributed by atoms with van der Waals surface area (Å²) in [7, 11) is 0. The van der Waals surface area contributed by atoms with Gasteiger partial charge in [0.25, 0.3) is 0 Å². The quantitative estimate of drug-likeness (QED) is 0.785. The third-order valence-electron chi connectivity index (χ3n) is 2.24. The molecule has 2 aromatic rings. The predicted octanol–water partition coefficient (Wildman–Crippen LogP) is 2.16. The number of nitrogens with zero attached hydrogens (tertiary/aromatic N) is 1. The van der Waals surface area contributed by atoms with Crippen LogP contribution in [-0.4, -0.2) is 5.16 Å². The highest BCUT2D eigenvalue weighted by molar-refractivity contribution is 5.43. The van der Waals surface area contributed by atoms with Gasteiger partial charge in [-0.05, 0) is 12.5 Å². The zero-order chi connectivity index (χ0) is 9.97. The van der Waals surface area contributed by atoms with Crippen molar-refractivity contribution >= 4 is 5.82 Å².